The van der Waals surface area contributed by atoms with Gasteiger partial charge in [-0.2, -0.15) is 0 Å². The van der Waals surface area contributed by atoms with E-state index in [1.807, 2.05) is 19.0 Å². The van der Waals surface area contributed by atoms with Gasteiger partial charge < -0.3 is 23.8 Å². The summed E-state index contributed by atoms with van der Waals surface area (Å²) in [7, 11) is 3.88. The number of rotatable bonds is 39. The van der Waals surface area contributed by atoms with E-state index in [0.717, 1.165) is 77.2 Å². The molecule has 320 valence electrons. The molecule has 9 nitrogen and oxygen atoms in total. The minimum Gasteiger partial charge on any atom is -0.465 e. The van der Waals surface area contributed by atoms with Crippen molar-refractivity contribution < 1.29 is 38.1 Å². The molecule has 0 heterocycles. The van der Waals surface area contributed by atoms with Crippen LogP contribution in [0.1, 0.15) is 194 Å². The maximum Gasteiger partial charge on any atom is 0.306 e. The fourth-order valence-electron chi connectivity index (χ4n) is 6.16. The highest BCUT2D eigenvalue weighted by atomic mass is 16.6. The number of carbonyl (C=O) groups is 4. The summed E-state index contributed by atoms with van der Waals surface area (Å²) < 4.78 is 22.0. The van der Waals surface area contributed by atoms with Crippen LogP contribution in [0.4, 0.5) is 0 Å². The van der Waals surface area contributed by atoms with Crippen molar-refractivity contribution in [3.05, 3.63) is 24.3 Å². The van der Waals surface area contributed by atoms with Gasteiger partial charge in [0.1, 0.15) is 13.2 Å². The minimum absolute atomic E-state index is 0.147. The first-order chi connectivity index (χ1) is 26.7. The highest BCUT2D eigenvalue weighted by Crippen LogP contribution is 2.19. The zero-order valence-electron chi connectivity index (χ0n) is 36.1. The molecule has 0 aliphatic carbocycles. The van der Waals surface area contributed by atoms with Crippen LogP contribution >= 0.6 is 0 Å². The molecular weight excluding hydrogens is 695 g/mol. The van der Waals surface area contributed by atoms with Gasteiger partial charge >= 0.3 is 23.9 Å². The second-order valence-electron chi connectivity index (χ2n) is 15.5. The average Bonchev–Trinajstić information content (AvgIpc) is 3.16. The molecule has 2 unspecified atom stereocenters. The van der Waals surface area contributed by atoms with E-state index in [1.165, 1.54) is 51.4 Å². The van der Waals surface area contributed by atoms with Crippen LogP contribution < -0.4 is 0 Å². The summed E-state index contributed by atoms with van der Waals surface area (Å²) in [4.78, 5) is 51.8. The van der Waals surface area contributed by atoms with E-state index < -0.39 is 18.0 Å². The first-order valence-electron chi connectivity index (χ1n) is 22.3. The van der Waals surface area contributed by atoms with Gasteiger partial charge in [0.25, 0.3) is 0 Å². The molecule has 0 saturated heterocycles. The first-order valence-corrected chi connectivity index (χ1v) is 22.3. The molecule has 0 fully saturated rings. The molecule has 0 amide bonds. The molecule has 0 aliphatic heterocycles. The summed E-state index contributed by atoms with van der Waals surface area (Å²) in [6, 6.07) is 0. The van der Waals surface area contributed by atoms with Gasteiger partial charge in [-0.15, -0.1) is 0 Å². The maximum atomic E-state index is 12.5. The molecule has 9 heteroatoms. The Morgan fingerprint density at radius 1 is 0.473 bits per heavy atom. The van der Waals surface area contributed by atoms with Crippen molar-refractivity contribution >= 4 is 23.9 Å². The zero-order valence-corrected chi connectivity index (χ0v) is 36.1. The third kappa shape index (κ3) is 38.0. The maximum absolute atomic E-state index is 12.5. The number of ether oxygens (including phenoxy) is 4. The van der Waals surface area contributed by atoms with Gasteiger partial charge in [0.15, 0.2) is 6.10 Å². The molecule has 0 radical (unpaired) electrons. The number of allylic oxidation sites excluding steroid dienone is 4. The van der Waals surface area contributed by atoms with E-state index in [0.29, 0.717) is 51.0 Å². The van der Waals surface area contributed by atoms with Crippen LogP contribution in [-0.2, 0) is 38.1 Å². The van der Waals surface area contributed by atoms with Crippen LogP contribution in [0, 0.1) is 5.92 Å². The fraction of sp³-hybridized carbons (Fsp3) is 0.826. The summed E-state index contributed by atoms with van der Waals surface area (Å²) in [6.45, 7) is 7.56. The van der Waals surface area contributed by atoms with Crippen LogP contribution in [0.25, 0.3) is 0 Å². The topological polar surface area (TPSA) is 108 Å². The van der Waals surface area contributed by atoms with E-state index in [4.69, 9.17) is 18.9 Å². The van der Waals surface area contributed by atoms with Crippen LogP contribution in [0.3, 0.4) is 0 Å². The third-order valence-electron chi connectivity index (χ3n) is 9.65. The highest BCUT2D eigenvalue weighted by Gasteiger charge is 2.20. The predicted molar refractivity (Wildman–Crippen MR) is 225 cm³/mol. The minimum atomic E-state index is -0.855. The smallest absolute Gasteiger partial charge is 0.306 e. The zero-order chi connectivity index (χ0) is 40.6. The Labute approximate surface area is 337 Å². The van der Waals surface area contributed by atoms with Crippen molar-refractivity contribution in [1.29, 1.82) is 0 Å². The molecule has 0 aromatic rings. The van der Waals surface area contributed by atoms with Gasteiger partial charge in [0.05, 0.1) is 6.61 Å². The van der Waals surface area contributed by atoms with Gasteiger partial charge in [-0.3, -0.25) is 19.2 Å². The number of nitrogens with zero attached hydrogens (tertiary/aromatic N) is 1. The fourth-order valence-corrected chi connectivity index (χ4v) is 6.16. The van der Waals surface area contributed by atoms with E-state index >= 15 is 0 Å². The Kier molecular flexibility index (Phi) is 37.6. The number of unbranched alkanes of at least 4 members (excludes halogenated alkanes) is 14. The highest BCUT2D eigenvalue weighted by molar-refractivity contribution is 5.71. The van der Waals surface area contributed by atoms with Crippen molar-refractivity contribution in [2.24, 2.45) is 5.92 Å². The van der Waals surface area contributed by atoms with E-state index in [1.54, 1.807) is 0 Å². The standard InChI is InChI=1S/C46H83NO8/c1-6-9-12-14-15-16-17-18-19-20-21-22-23-24-27-33-44(49)53-39-42(55-46(51)36-30-37-47(4)5)40-54-45(50)35-29-25-28-34-43(48)52-38-41(31-11-8-3)32-26-13-10-7-2/h15-16,18-19,41-42H,6-14,17,20-40H2,1-5H3/b16-15+,19-18+. The second-order valence-corrected chi connectivity index (χ2v) is 15.5. The van der Waals surface area contributed by atoms with Crippen molar-refractivity contribution in [2.75, 3.05) is 40.5 Å². The molecule has 0 bridgehead atoms. The van der Waals surface area contributed by atoms with E-state index in [2.05, 4.69) is 45.1 Å². The quantitative estimate of drug-likeness (QED) is 0.0261. The van der Waals surface area contributed by atoms with Gasteiger partial charge in [-0.05, 0) is 97.2 Å². The molecule has 0 spiro atoms. The Morgan fingerprint density at radius 2 is 0.909 bits per heavy atom. The first kappa shape index (κ1) is 52.3. The Bertz CT molecular complexity index is 994. The van der Waals surface area contributed by atoms with Gasteiger partial charge in [-0.1, -0.05) is 122 Å². The van der Waals surface area contributed by atoms with Crippen LogP contribution in [-0.4, -0.2) is 75.3 Å². The second kappa shape index (κ2) is 39.6. The Morgan fingerprint density at radius 3 is 1.47 bits per heavy atom. The number of esters is 4. The molecule has 0 saturated carbocycles. The normalized spacial score (nSPS) is 12.7. The summed E-state index contributed by atoms with van der Waals surface area (Å²) in [5, 5.41) is 0. The van der Waals surface area contributed by atoms with E-state index in [-0.39, 0.29) is 38.0 Å². The molecule has 0 N–H and O–H groups in total. The third-order valence-corrected chi connectivity index (χ3v) is 9.65. The average molecular weight is 778 g/mol. The number of hydrogen-bond donors (Lipinski definition) is 0. The molecule has 55 heavy (non-hydrogen) atoms. The van der Waals surface area contributed by atoms with Crippen molar-refractivity contribution in [3.8, 4) is 0 Å². The molecule has 0 rings (SSSR count). The lowest BCUT2D eigenvalue weighted by atomic mass is 9.96. The molecule has 0 aromatic heterocycles. The van der Waals surface area contributed by atoms with Crippen molar-refractivity contribution in [3.63, 3.8) is 0 Å². The van der Waals surface area contributed by atoms with Crippen LogP contribution in [0.2, 0.25) is 0 Å². The lowest BCUT2D eigenvalue weighted by Gasteiger charge is -2.18. The summed E-state index contributed by atoms with van der Waals surface area (Å²) in [6.07, 6.45) is 33.5. The Balaban J connectivity index is 4.39. The monoisotopic (exact) mass is 778 g/mol. The van der Waals surface area contributed by atoms with Gasteiger partial charge in [-0.25, -0.2) is 0 Å². The predicted octanol–water partition coefficient (Wildman–Crippen LogP) is 11.4. The largest absolute Gasteiger partial charge is 0.465 e. The number of carbonyl (C=O) groups excluding carboxylic acids is 4. The summed E-state index contributed by atoms with van der Waals surface area (Å²) >= 11 is 0. The van der Waals surface area contributed by atoms with Crippen molar-refractivity contribution in [2.45, 2.75) is 200 Å². The van der Waals surface area contributed by atoms with Crippen LogP contribution in [0.15, 0.2) is 24.3 Å². The van der Waals surface area contributed by atoms with Gasteiger partial charge in [0.2, 0.25) is 0 Å². The lowest BCUT2D eigenvalue weighted by molar-refractivity contribution is -0.167. The van der Waals surface area contributed by atoms with Gasteiger partial charge in [0, 0.05) is 25.7 Å². The van der Waals surface area contributed by atoms with E-state index in [9.17, 15) is 19.2 Å². The summed E-state index contributed by atoms with van der Waals surface area (Å²) in [5.41, 5.74) is 0. The Hall–Kier alpha value is -2.68. The number of hydrogen-bond acceptors (Lipinski definition) is 9. The van der Waals surface area contributed by atoms with Crippen molar-refractivity contribution in [1.82, 2.24) is 4.90 Å². The summed E-state index contributed by atoms with van der Waals surface area (Å²) in [5.74, 6) is -0.886. The van der Waals surface area contributed by atoms with Crippen LogP contribution in [0.5, 0.6) is 0 Å². The SMILES string of the molecule is CCCCC/C=C/C/C=C/CCCCCCCC(=O)OCC(COC(=O)CCCCCC(=O)OCC(CCCC)CCCCCC)OC(=O)CCCN(C)C. The molecule has 0 aliphatic rings. The molecule has 0 aromatic carbocycles. The molecule has 2 atom stereocenters. The molecular formula is C46H83NO8. The lowest BCUT2D eigenvalue weighted by Crippen LogP contribution is -2.31.